The molecule has 0 saturated carbocycles. The third-order valence-corrected chi connectivity index (χ3v) is 7.88. The summed E-state index contributed by atoms with van der Waals surface area (Å²) in [4.78, 5) is 0. The molecule has 0 heterocycles. The highest BCUT2D eigenvalue weighted by atomic mass is 28.4. The van der Waals surface area contributed by atoms with Crippen molar-refractivity contribution in [3.05, 3.63) is 47.7 Å². The van der Waals surface area contributed by atoms with Crippen LogP contribution in [0.5, 0.6) is 0 Å². The summed E-state index contributed by atoms with van der Waals surface area (Å²) in [5, 5.41) is 0.190. The molecular formula is C17H24OSi. The van der Waals surface area contributed by atoms with Crippen LogP contribution in [0, 0.1) is 11.8 Å². The van der Waals surface area contributed by atoms with Crippen LogP contribution in [0.1, 0.15) is 33.3 Å². The summed E-state index contributed by atoms with van der Waals surface area (Å²) >= 11 is 0. The van der Waals surface area contributed by atoms with Gasteiger partial charge in [-0.25, -0.2) is 0 Å². The SMILES string of the molecule is C/C=C(/C#Cc1ccccc1)O[Si](C)(C)C(C)(C)C. The highest BCUT2D eigenvalue weighted by molar-refractivity contribution is 6.74. The number of allylic oxidation sites excluding steroid dienone is 2. The minimum absolute atomic E-state index is 0.190. The monoisotopic (exact) mass is 272 g/mol. The van der Waals surface area contributed by atoms with Gasteiger partial charge < -0.3 is 4.43 Å². The van der Waals surface area contributed by atoms with Crippen molar-refractivity contribution in [2.75, 3.05) is 0 Å². The minimum atomic E-state index is -1.80. The Kier molecular flexibility index (Phi) is 5.02. The molecule has 0 aromatic heterocycles. The fraction of sp³-hybridized carbons (Fsp3) is 0.412. The van der Waals surface area contributed by atoms with Crippen LogP contribution in [0.2, 0.25) is 18.1 Å². The Bertz CT molecular complexity index is 496. The Morgan fingerprint density at radius 1 is 1.16 bits per heavy atom. The van der Waals surface area contributed by atoms with Crippen molar-refractivity contribution >= 4 is 8.32 Å². The van der Waals surface area contributed by atoms with E-state index in [2.05, 4.69) is 45.7 Å². The number of benzene rings is 1. The molecule has 0 amide bonds. The molecular weight excluding hydrogens is 248 g/mol. The summed E-state index contributed by atoms with van der Waals surface area (Å²) in [6.07, 6.45) is 1.95. The molecule has 1 rings (SSSR count). The Morgan fingerprint density at radius 2 is 1.74 bits per heavy atom. The number of hydrogen-bond donors (Lipinski definition) is 0. The molecule has 1 aromatic rings. The van der Waals surface area contributed by atoms with Gasteiger partial charge in [-0.15, -0.1) is 0 Å². The Balaban J connectivity index is 2.86. The van der Waals surface area contributed by atoms with Crippen molar-refractivity contribution in [2.45, 2.75) is 45.8 Å². The van der Waals surface area contributed by atoms with Crippen molar-refractivity contribution in [2.24, 2.45) is 0 Å². The average molecular weight is 272 g/mol. The quantitative estimate of drug-likeness (QED) is 0.420. The zero-order chi connectivity index (χ0) is 14.5. The van der Waals surface area contributed by atoms with Crippen LogP contribution in [0.4, 0.5) is 0 Å². The van der Waals surface area contributed by atoms with Gasteiger partial charge in [0.25, 0.3) is 8.32 Å². The molecule has 2 heteroatoms. The maximum atomic E-state index is 6.20. The molecule has 0 atom stereocenters. The van der Waals surface area contributed by atoms with Gasteiger partial charge in [0, 0.05) is 5.56 Å². The van der Waals surface area contributed by atoms with E-state index in [0.717, 1.165) is 11.3 Å². The molecule has 0 radical (unpaired) electrons. The third-order valence-electron chi connectivity index (χ3n) is 3.54. The van der Waals surface area contributed by atoms with Gasteiger partial charge in [0.05, 0.1) is 0 Å². The molecule has 0 aliphatic rings. The van der Waals surface area contributed by atoms with Crippen molar-refractivity contribution < 1.29 is 4.43 Å². The second-order valence-corrected chi connectivity index (χ2v) is 10.9. The van der Waals surface area contributed by atoms with Crippen LogP contribution in [0.15, 0.2) is 42.2 Å². The van der Waals surface area contributed by atoms with Crippen LogP contribution in [0.3, 0.4) is 0 Å². The van der Waals surface area contributed by atoms with Gasteiger partial charge in [0.1, 0.15) is 0 Å². The number of hydrogen-bond acceptors (Lipinski definition) is 1. The Labute approximate surface area is 118 Å². The molecule has 0 unspecified atom stereocenters. The lowest BCUT2D eigenvalue weighted by Crippen LogP contribution is -2.40. The largest absolute Gasteiger partial charge is 0.538 e. The van der Waals surface area contributed by atoms with Gasteiger partial charge >= 0.3 is 0 Å². The van der Waals surface area contributed by atoms with Gasteiger partial charge in [-0.2, -0.15) is 0 Å². The topological polar surface area (TPSA) is 9.23 Å². The molecule has 0 aliphatic heterocycles. The number of rotatable bonds is 2. The molecule has 1 nitrogen and oxygen atoms in total. The van der Waals surface area contributed by atoms with Gasteiger partial charge in [0.2, 0.25) is 0 Å². The van der Waals surface area contributed by atoms with Crippen LogP contribution in [-0.4, -0.2) is 8.32 Å². The summed E-state index contributed by atoms with van der Waals surface area (Å²) in [5.74, 6) is 7.07. The van der Waals surface area contributed by atoms with Crippen molar-refractivity contribution in [1.82, 2.24) is 0 Å². The van der Waals surface area contributed by atoms with E-state index in [-0.39, 0.29) is 5.04 Å². The van der Waals surface area contributed by atoms with E-state index >= 15 is 0 Å². The molecule has 0 spiro atoms. The van der Waals surface area contributed by atoms with E-state index in [1.54, 1.807) is 0 Å². The maximum absolute atomic E-state index is 6.20. The first-order valence-corrected chi connectivity index (χ1v) is 9.59. The summed E-state index contributed by atoms with van der Waals surface area (Å²) in [5.41, 5.74) is 1.01. The second-order valence-electron chi connectivity index (χ2n) is 6.13. The van der Waals surface area contributed by atoms with Gasteiger partial charge in [-0.1, -0.05) is 44.9 Å². The van der Waals surface area contributed by atoms with E-state index in [9.17, 15) is 0 Å². The van der Waals surface area contributed by atoms with Crippen molar-refractivity contribution in [3.63, 3.8) is 0 Å². The summed E-state index contributed by atoms with van der Waals surface area (Å²) in [7, 11) is -1.80. The maximum Gasteiger partial charge on any atom is 0.251 e. The average Bonchev–Trinajstić information content (AvgIpc) is 2.34. The first kappa shape index (κ1) is 15.6. The van der Waals surface area contributed by atoms with Crippen LogP contribution >= 0.6 is 0 Å². The normalized spacial score (nSPS) is 12.6. The van der Waals surface area contributed by atoms with Crippen LogP contribution in [-0.2, 0) is 4.43 Å². The molecule has 0 N–H and O–H groups in total. The van der Waals surface area contributed by atoms with Crippen molar-refractivity contribution in [1.29, 1.82) is 0 Å². The smallest absolute Gasteiger partial charge is 0.251 e. The zero-order valence-corrected chi connectivity index (χ0v) is 13.9. The van der Waals surface area contributed by atoms with Crippen molar-refractivity contribution in [3.8, 4) is 11.8 Å². The molecule has 0 bridgehead atoms. The van der Waals surface area contributed by atoms with E-state index < -0.39 is 8.32 Å². The van der Waals surface area contributed by atoms with Gasteiger partial charge in [-0.05, 0) is 49.2 Å². The van der Waals surface area contributed by atoms with Gasteiger partial charge in [-0.3, -0.25) is 0 Å². The Hall–Kier alpha value is -1.46. The third kappa shape index (κ3) is 4.61. The fourth-order valence-corrected chi connectivity index (χ4v) is 2.26. The Morgan fingerprint density at radius 3 is 2.21 bits per heavy atom. The van der Waals surface area contributed by atoms with Crippen LogP contribution in [0.25, 0.3) is 0 Å². The van der Waals surface area contributed by atoms with E-state index in [0.29, 0.717) is 0 Å². The highest BCUT2D eigenvalue weighted by Crippen LogP contribution is 2.37. The zero-order valence-electron chi connectivity index (χ0n) is 12.9. The molecule has 0 saturated heterocycles. The molecule has 102 valence electrons. The summed E-state index contributed by atoms with van der Waals surface area (Å²) in [6, 6.07) is 10.00. The predicted molar refractivity (Wildman–Crippen MR) is 85.4 cm³/mol. The van der Waals surface area contributed by atoms with E-state index in [4.69, 9.17) is 4.43 Å². The van der Waals surface area contributed by atoms with Crippen LogP contribution < -0.4 is 0 Å². The lowest BCUT2D eigenvalue weighted by molar-refractivity contribution is 0.403. The highest BCUT2D eigenvalue weighted by Gasteiger charge is 2.39. The molecule has 0 fully saturated rings. The first-order chi connectivity index (χ1) is 8.76. The summed E-state index contributed by atoms with van der Waals surface area (Å²) < 4.78 is 6.20. The van der Waals surface area contributed by atoms with E-state index in [1.807, 2.05) is 43.3 Å². The molecule has 1 aromatic carbocycles. The molecule has 19 heavy (non-hydrogen) atoms. The lowest BCUT2D eigenvalue weighted by atomic mass is 10.2. The summed E-state index contributed by atoms with van der Waals surface area (Å²) in [6.45, 7) is 13.1. The lowest BCUT2D eigenvalue weighted by Gasteiger charge is -2.36. The molecule has 0 aliphatic carbocycles. The standard InChI is InChI=1S/C17H24OSi/c1-7-16(18-19(5,6)17(2,3)4)14-13-15-11-9-8-10-12-15/h7-12H,1-6H3/b16-7-. The predicted octanol–water partition coefficient (Wildman–Crippen LogP) is 4.96. The first-order valence-electron chi connectivity index (χ1n) is 6.68. The second kappa shape index (κ2) is 6.12. The van der Waals surface area contributed by atoms with E-state index in [1.165, 1.54) is 0 Å². The van der Waals surface area contributed by atoms with Gasteiger partial charge in [0.15, 0.2) is 5.76 Å². The fourth-order valence-electron chi connectivity index (χ4n) is 1.24. The minimum Gasteiger partial charge on any atom is -0.538 e.